The molecule has 0 radical (unpaired) electrons. The van der Waals surface area contributed by atoms with E-state index in [9.17, 15) is 8.78 Å². The average molecular weight is 333 g/mol. The van der Waals surface area contributed by atoms with Crippen molar-refractivity contribution in [2.75, 3.05) is 0 Å². The SMILES string of the molecule is CC.CC.CCc1ccc(F)cc1F.CCc1cccc(C#N)c1. The Kier molecular flexibility index (Phi) is 15.7. The second kappa shape index (κ2) is 15.7. The van der Waals surface area contributed by atoms with Gasteiger partial charge in [0.05, 0.1) is 11.6 Å². The fourth-order valence-electron chi connectivity index (χ4n) is 1.67. The molecule has 0 spiro atoms. The first-order valence-electron chi connectivity index (χ1n) is 8.53. The van der Waals surface area contributed by atoms with E-state index in [0.29, 0.717) is 12.0 Å². The lowest BCUT2D eigenvalue weighted by atomic mass is 10.1. The number of halogens is 2. The third-order valence-corrected chi connectivity index (χ3v) is 2.86. The van der Waals surface area contributed by atoms with Gasteiger partial charge in [-0.25, -0.2) is 8.78 Å². The van der Waals surface area contributed by atoms with Crippen molar-refractivity contribution >= 4 is 0 Å². The quantitative estimate of drug-likeness (QED) is 0.600. The fraction of sp³-hybridized carbons (Fsp3) is 0.381. The second-order valence-corrected chi connectivity index (χ2v) is 4.26. The van der Waals surface area contributed by atoms with E-state index in [1.54, 1.807) is 0 Å². The van der Waals surface area contributed by atoms with Crippen LogP contribution in [0.4, 0.5) is 8.78 Å². The van der Waals surface area contributed by atoms with Crippen LogP contribution in [0.2, 0.25) is 0 Å². The minimum Gasteiger partial charge on any atom is -0.207 e. The zero-order chi connectivity index (χ0) is 19.0. The lowest BCUT2D eigenvalue weighted by Crippen LogP contribution is -1.87. The van der Waals surface area contributed by atoms with Gasteiger partial charge in [0, 0.05) is 6.07 Å². The summed E-state index contributed by atoms with van der Waals surface area (Å²) in [7, 11) is 0. The molecule has 0 aliphatic carbocycles. The van der Waals surface area contributed by atoms with Crippen LogP contribution in [-0.4, -0.2) is 0 Å². The van der Waals surface area contributed by atoms with E-state index in [2.05, 4.69) is 13.0 Å². The summed E-state index contributed by atoms with van der Waals surface area (Å²) < 4.78 is 24.9. The molecule has 132 valence electrons. The third kappa shape index (κ3) is 9.74. The number of rotatable bonds is 2. The van der Waals surface area contributed by atoms with Crippen LogP contribution in [0.15, 0.2) is 42.5 Å². The molecule has 3 heteroatoms. The maximum absolute atomic E-state index is 12.6. The topological polar surface area (TPSA) is 23.8 Å². The molecule has 2 aromatic rings. The Morgan fingerprint density at radius 3 is 1.96 bits per heavy atom. The van der Waals surface area contributed by atoms with Crippen LogP contribution in [0.5, 0.6) is 0 Å². The van der Waals surface area contributed by atoms with Gasteiger partial charge in [-0.05, 0) is 42.2 Å². The molecule has 0 aliphatic heterocycles. The summed E-state index contributed by atoms with van der Waals surface area (Å²) in [4.78, 5) is 0. The molecule has 1 nitrogen and oxygen atoms in total. The molecular weight excluding hydrogens is 304 g/mol. The molecular formula is C21H29F2N. The van der Waals surface area contributed by atoms with Gasteiger partial charge < -0.3 is 0 Å². The molecule has 24 heavy (non-hydrogen) atoms. The van der Waals surface area contributed by atoms with Crippen molar-refractivity contribution in [3.63, 3.8) is 0 Å². The molecule has 0 fully saturated rings. The highest BCUT2D eigenvalue weighted by Gasteiger charge is 1.99. The minimum atomic E-state index is -0.519. The molecule has 0 aromatic heterocycles. The molecule has 0 aliphatic rings. The number of hydrogen-bond acceptors (Lipinski definition) is 1. The van der Waals surface area contributed by atoms with E-state index >= 15 is 0 Å². The van der Waals surface area contributed by atoms with Gasteiger partial charge in [0.15, 0.2) is 0 Å². The lowest BCUT2D eigenvalue weighted by Gasteiger charge is -1.96. The van der Waals surface area contributed by atoms with Crippen LogP contribution < -0.4 is 0 Å². The predicted octanol–water partition coefficient (Wildman–Crippen LogP) is 6.70. The lowest BCUT2D eigenvalue weighted by molar-refractivity contribution is 0.573. The van der Waals surface area contributed by atoms with Crippen molar-refractivity contribution in [3.8, 4) is 6.07 Å². The average Bonchev–Trinajstić information content (AvgIpc) is 2.65. The summed E-state index contributed by atoms with van der Waals surface area (Å²) in [6.07, 6.45) is 1.60. The summed E-state index contributed by atoms with van der Waals surface area (Å²) in [5, 5.41) is 8.51. The Balaban J connectivity index is 0. The van der Waals surface area contributed by atoms with E-state index in [4.69, 9.17) is 5.26 Å². The first kappa shape index (κ1) is 24.0. The molecule has 2 rings (SSSR count). The monoisotopic (exact) mass is 333 g/mol. The third-order valence-electron chi connectivity index (χ3n) is 2.86. The summed E-state index contributed by atoms with van der Waals surface area (Å²) in [6.45, 7) is 11.9. The number of nitriles is 1. The first-order valence-corrected chi connectivity index (χ1v) is 8.53. The fourth-order valence-corrected chi connectivity index (χ4v) is 1.67. The van der Waals surface area contributed by atoms with E-state index in [-0.39, 0.29) is 0 Å². The maximum atomic E-state index is 12.6. The second-order valence-electron chi connectivity index (χ2n) is 4.26. The zero-order valence-corrected chi connectivity index (χ0v) is 15.7. The largest absolute Gasteiger partial charge is 0.207 e. The van der Waals surface area contributed by atoms with Crippen LogP contribution >= 0.6 is 0 Å². The van der Waals surface area contributed by atoms with Gasteiger partial charge in [-0.3, -0.25) is 0 Å². The summed E-state index contributed by atoms with van der Waals surface area (Å²) in [5.41, 5.74) is 2.53. The molecule has 0 saturated carbocycles. The summed E-state index contributed by atoms with van der Waals surface area (Å²) >= 11 is 0. The van der Waals surface area contributed by atoms with Gasteiger partial charge in [-0.15, -0.1) is 0 Å². The molecule has 2 aromatic carbocycles. The van der Waals surface area contributed by atoms with Crippen molar-refractivity contribution in [2.45, 2.75) is 54.4 Å². The van der Waals surface area contributed by atoms with Crippen LogP contribution in [0.1, 0.15) is 58.2 Å². The van der Waals surface area contributed by atoms with Gasteiger partial charge in [0.2, 0.25) is 0 Å². The van der Waals surface area contributed by atoms with E-state index in [1.807, 2.05) is 58.9 Å². The highest BCUT2D eigenvalue weighted by molar-refractivity contribution is 5.32. The minimum absolute atomic E-state index is 0.456. The smallest absolute Gasteiger partial charge is 0.129 e. The standard InChI is InChI=1S/C9H9N.C8H8F2.2C2H6/c1-2-8-4-3-5-9(6-8)7-10;1-2-6-3-4-7(9)5-8(6)10;2*1-2/h3-6H,2H2,1H3;3-5H,2H2,1H3;2*1-2H3. The van der Waals surface area contributed by atoms with Crippen molar-refractivity contribution in [1.29, 1.82) is 5.26 Å². The first-order chi connectivity index (χ1) is 11.6. The highest BCUT2D eigenvalue weighted by Crippen LogP contribution is 2.09. The molecule has 0 unspecified atom stereocenters. The Morgan fingerprint density at radius 1 is 0.875 bits per heavy atom. The van der Waals surface area contributed by atoms with E-state index in [0.717, 1.165) is 18.1 Å². The summed E-state index contributed by atoms with van der Waals surface area (Å²) in [5.74, 6) is -0.975. The number of nitrogens with zero attached hydrogens (tertiary/aromatic N) is 1. The Morgan fingerprint density at radius 2 is 1.50 bits per heavy atom. The summed E-state index contributed by atoms with van der Waals surface area (Å²) in [6, 6.07) is 13.4. The van der Waals surface area contributed by atoms with Crippen molar-refractivity contribution < 1.29 is 8.78 Å². The van der Waals surface area contributed by atoms with Crippen LogP contribution in [0.3, 0.4) is 0 Å². The Hall–Kier alpha value is -2.21. The van der Waals surface area contributed by atoms with Gasteiger partial charge in [0.25, 0.3) is 0 Å². The number of benzene rings is 2. The van der Waals surface area contributed by atoms with Crippen LogP contribution in [0.25, 0.3) is 0 Å². The molecule has 0 amide bonds. The number of aryl methyl sites for hydroxylation is 2. The van der Waals surface area contributed by atoms with Crippen LogP contribution in [-0.2, 0) is 12.8 Å². The van der Waals surface area contributed by atoms with Crippen molar-refractivity contribution in [1.82, 2.24) is 0 Å². The zero-order valence-electron chi connectivity index (χ0n) is 15.7. The molecule has 0 bridgehead atoms. The van der Waals surface area contributed by atoms with Gasteiger partial charge in [-0.2, -0.15) is 5.26 Å². The van der Waals surface area contributed by atoms with Crippen LogP contribution in [0, 0.1) is 23.0 Å². The Labute approximate surface area is 146 Å². The Bertz CT molecular complexity index is 601. The van der Waals surface area contributed by atoms with E-state index < -0.39 is 11.6 Å². The number of hydrogen-bond donors (Lipinski definition) is 0. The van der Waals surface area contributed by atoms with Gasteiger partial charge >= 0.3 is 0 Å². The normalized spacial score (nSPS) is 8.29. The van der Waals surface area contributed by atoms with Crippen molar-refractivity contribution in [3.05, 3.63) is 70.8 Å². The molecule has 0 N–H and O–H groups in total. The molecule has 0 saturated heterocycles. The van der Waals surface area contributed by atoms with Gasteiger partial charge in [-0.1, -0.05) is 59.7 Å². The van der Waals surface area contributed by atoms with Gasteiger partial charge in [0.1, 0.15) is 11.6 Å². The maximum Gasteiger partial charge on any atom is 0.129 e. The predicted molar refractivity (Wildman–Crippen MR) is 99.0 cm³/mol. The molecule has 0 heterocycles. The van der Waals surface area contributed by atoms with E-state index in [1.165, 1.54) is 17.7 Å². The highest BCUT2D eigenvalue weighted by atomic mass is 19.1. The molecule has 0 atom stereocenters. The van der Waals surface area contributed by atoms with Crippen molar-refractivity contribution in [2.24, 2.45) is 0 Å².